The molecule has 2 rings (SSSR count). The van der Waals surface area contributed by atoms with E-state index in [2.05, 4.69) is 16.4 Å². The molecule has 0 fully saturated rings. The normalized spacial score (nSPS) is 14.1. The summed E-state index contributed by atoms with van der Waals surface area (Å²) in [6, 6.07) is 7.56. The zero-order valence-corrected chi connectivity index (χ0v) is 16.8. The third-order valence-electron chi connectivity index (χ3n) is 3.91. The van der Waals surface area contributed by atoms with Gasteiger partial charge in [-0.1, -0.05) is 0 Å². The van der Waals surface area contributed by atoms with Gasteiger partial charge < -0.3 is 19.5 Å². The number of hydrogen-bond donors (Lipinski definition) is 1. The van der Waals surface area contributed by atoms with E-state index in [9.17, 15) is 10.1 Å². The molecule has 1 N–H and O–H groups in total. The van der Waals surface area contributed by atoms with Gasteiger partial charge in [0.25, 0.3) is 5.91 Å². The Morgan fingerprint density at radius 3 is 2.67 bits per heavy atom. The Hall–Kier alpha value is -2.50. The minimum absolute atomic E-state index is 0.0802. The molecule has 1 aromatic carbocycles. The van der Waals surface area contributed by atoms with Crippen molar-refractivity contribution in [1.82, 2.24) is 10.3 Å². The minimum atomic E-state index is -1.13. The number of carbonyl (C=O) groups is 1. The van der Waals surface area contributed by atoms with Crippen LogP contribution in [0.3, 0.4) is 0 Å². The number of fused-ring (bicyclic) bond motifs is 1. The second kappa shape index (κ2) is 8.93. The van der Waals surface area contributed by atoms with Crippen LogP contribution in [0.5, 0.6) is 11.5 Å². The number of nitrogens with zero attached hydrogens (tertiary/aromatic N) is 2. The van der Waals surface area contributed by atoms with Crippen LogP contribution >= 0.6 is 11.8 Å². The van der Waals surface area contributed by atoms with Crippen molar-refractivity contribution in [3.63, 3.8) is 0 Å². The SMILES string of the molecule is COCC(C)(C#N)NC(=O)C(Oc1cc(C)c2ncc(OC)cc2c1)SC. The van der Waals surface area contributed by atoms with E-state index in [1.165, 1.54) is 18.9 Å². The first-order chi connectivity index (χ1) is 12.9. The highest BCUT2D eigenvalue weighted by Crippen LogP contribution is 2.28. The molecule has 0 aliphatic heterocycles. The largest absolute Gasteiger partial charge is 0.495 e. The lowest BCUT2D eigenvalue weighted by molar-refractivity contribution is -0.126. The van der Waals surface area contributed by atoms with Crippen molar-refractivity contribution in [2.24, 2.45) is 0 Å². The van der Waals surface area contributed by atoms with Gasteiger partial charge in [0.1, 0.15) is 17.0 Å². The Bertz CT molecular complexity index is 868. The molecule has 7 nitrogen and oxygen atoms in total. The van der Waals surface area contributed by atoms with Crippen molar-refractivity contribution in [2.75, 3.05) is 27.1 Å². The fourth-order valence-corrected chi connectivity index (χ4v) is 3.09. The second-order valence-corrected chi connectivity index (χ2v) is 7.14. The number of amides is 1. The summed E-state index contributed by atoms with van der Waals surface area (Å²) < 4.78 is 16.1. The number of benzene rings is 1. The van der Waals surface area contributed by atoms with Crippen LogP contribution in [0, 0.1) is 18.3 Å². The Kier molecular flexibility index (Phi) is 6.88. The lowest BCUT2D eigenvalue weighted by Gasteiger charge is -2.25. The molecule has 144 valence electrons. The Labute approximate surface area is 163 Å². The number of aryl methyl sites for hydroxylation is 1. The van der Waals surface area contributed by atoms with Gasteiger partial charge in [0.2, 0.25) is 5.44 Å². The first-order valence-corrected chi connectivity index (χ1v) is 9.50. The summed E-state index contributed by atoms with van der Waals surface area (Å²) in [6.45, 7) is 3.61. The Morgan fingerprint density at radius 2 is 2.07 bits per heavy atom. The number of nitrogens with one attached hydrogen (secondary N) is 1. The molecule has 1 heterocycles. The highest BCUT2D eigenvalue weighted by Gasteiger charge is 2.30. The maximum absolute atomic E-state index is 12.6. The number of rotatable bonds is 8. The minimum Gasteiger partial charge on any atom is -0.495 e. The number of methoxy groups -OCH3 is 2. The van der Waals surface area contributed by atoms with Crippen LogP contribution in [-0.2, 0) is 9.53 Å². The van der Waals surface area contributed by atoms with E-state index in [4.69, 9.17) is 14.2 Å². The molecule has 0 saturated carbocycles. The van der Waals surface area contributed by atoms with Gasteiger partial charge in [-0.05, 0) is 43.9 Å². The molecule has 0 aliphatic rings. The first-order valence-electron chi connectivity index (χ1n) is 8.22. The monoisotopic (exact) mass is 389 g/mol. The molecule has 1 aromatic heterocycles. The van der Waals surface area contributed by atoms with E-state index in [1.54, 1.807) is 26.5 Å². The van der Waals surface area contributed by atoms with Crippen molar-refractivity contribution < 1.29 is 19.0 Å². The highest BCUT2D eigenvalue weighted by molar-refractivity contribution is 7.99. The number of thioether (sulfide) groups is 1. The van der Waals surface area contributed by atoms with Crippen LogP contribution in [0.4, 0.5) is 0 Å². The predicted molar refractivity (Wildman–Crippen MR) is 105 cm³/mol. The Balaban J connectivity index is 2.25. The lowest BCUT2D eigenvalue weighted by Crippen LogP contribution is -2.52. The van der Waals surface area contributed by atoms with Crippen LogP contribution < -0.4 is 14.8 Å². The molecule has 0 bridgehead atoms. The van der Waals surface area contributed by atoms with Gasteiger partial charge in [-0.2, -0.15) is 5.26 Å². The van der Waals surface area contributed by atoms with Crippen molar-refractivity contribution in [2.45, 2.75) is 24.8 Å². The van der Waals surface area contributed by atoms with Gasteiger partial charge in [0.05, 0.1) is 31.5 Å². The average molecular weight is 389 g/mol. The number of pyridine rings is 1. The number of ether oxygens (including phenoxy) is 3. The van der Waals surface area contributed by atoms with E-state index >= 15 is 0 Å². The molecular formula is C19H23N3O4S. The van der Waals surface area contributed by atoms with Gasteiger partial charge in [0.15, 0.2) is 0 Å². The second-order valence-electron chi connectivity index (χ2n) is 6.24. The molecular weight excluding hydrogens is 366 g/mol. The third-order valence-corrected chi connectivity index (χ3v) is 4.65. The maximum Gasteiger partial charge on any atom is 0.273 e. The lowest BCUT2D eigenvalue weighted by atomic mass is 10.1. The molecule has 0 radical (unpaired) electrons. The molecule has 27 heavy (non-hydrogen) atoms. The number of nitriles is 1. The van der Waals surface area contributed by atoms with E-state index < -0.39 is 16.9 Å². The summed E-state index contributed by atoms with van der Waals surface area (Å²) in [5, 5.41) is 12.8. The van der Waals surface area contributed by atoms with Gasteiger partial charge in [-0.3, -0.25) is 9.78 Å². The fraction of sp³-hybridized carbons (Fsp3) is 0.421. The number of hydrogen-bond acceptors (Lipinski definition) is 7. The summed E-state index contributed by atoms with van der Waals surface area (Å²) >= 11 is 1.24. The van der Waals surface area contributed by atoms with Crippen LogP contribution in [0.15, 0.2) is 24.4 Å². The van der Waals surface area contributed by atoms with Gasteiger partial charge in [-0.25, -0.2) is 0 Å². The molecule has 0 aliphatic carbocycles. The van der Waals surface area contributed by atoms with E-state index in [-0.39, 0.29) is 6.61 Å². The zero-order chi connectivity index (χ0) is 20.0. The summed E-state index contributed by atoms with van der Waals surface area (Å²) in [7, 11) is 3.06. The van der Waals surface area contributed by atoms with E-state index in [0.29, 0.717) is 11.5 Å². The van der Waals surface area contributed by atoms with Gasteiger partial charge in [0, 0.05) is 12.5 Å². The molecule has 0 spiro atoms. The van der Waals surface area contributed by atoms with Crippen LogP contribution in [0.25, 0.3) is 10.9 Å². The topological polar surface area (TPSA) is 93.5 Å². The highest BCUT2D eigenvalue weighted by atomic mass is 32.2. The van der Waals surface area contributed by atoms with Crippen molar-refractivity contribution in [3.8, 4) is 17.6 Å². The van der Waals surface area contributed by atoms with Crippen molar-refractivity contribution in [3.05, 3.63) is 30.0 Å². The molecule has 2 unspecified atom stereocenters. The third kappa shape index (κ3) is 5.02. The van der Waals surface area contributed by atoms with Crippen LogP contribution in [-0.4, -0.2) is 48.9 Å². The smallest absolute Gasteiger partial charge is 0.273 e. The van der Waals surface area contributed by atoms with Crippen LogP contribution in [0.2, 0.25) is 0 Å². The first kappa shape index (κ1) is 20.8. The number of carbonyl (C=O) groups excluding carboxylic acids is 1. The standard InChI is InChI=1S/C19H23N3O4S/c1-12-6-14(7-13-8-15(25-4)9-21-16(12)13)26-18(27-5)17(23)22-19(2,10-20)11-24-3/h6-9,18H,11H2,1-5H3,(H,22,23). The van der Waals surface area contributed by atoms with E-state index in [1.807, 2.05) is 25.1 Å². The quantitative estimate of drug-likeness (QED) is 0.694. The molecule has 8 heteroatoms. The summed E-state index contributed by atoms with van der Waals surface area (Å²) in [6.07, 6.45) is 3.43. The summed E-state index contributed by atoms with van der Waals surface area (Å²) in [5.41, 5.74) is -0.179. The molecule has 2 atom stereocenters. The van der Waals surface area contributed by atoms with Gasteiger partial charge in [-0.15, -0.1) is 11.8 Å². The molecule has 2 aromatic rings. The molecule has 1 amide bonds. The summed E-state index contributed by atoms with van der Waals surface area (Å²) in [4.78, 5) is 17.0. The summed E-state index contributed by atoms with van der Waals surface area (Å²) in [5.74, 6) is 0.780. The van der Waals surface area contributed by atoms with Gasteiger partial charge >= 0.3 is 0 Å². The van der Waals surface area contributed by atoms with E-state index in [0.717, 1.165) is 16.5 Å². The van der Waals surface area contributed by atoms with Crippen LogP contribution in [0.1, 0.15) is 12.5 Å². The fourth-order valence-electron chi connectivity index (χ4n) is 2.61. The average Bonchev–Trinajstić information content (AvgIpc) is 2.65. The van der Waals surface area contributed by atoms with Crippen molar-refractivity contribution >= 4 is 28.6 Å². The van der Waals surface area contributed by atoms with Crippen molar-refractivity contribution in [1.29, 1.82) is 5.26 Å². The Morgan fingerprint density at radius 1 is 1.37 bits per heavy atom. The zero-order valence-electron chi connectivity index (χ0n) is 16.0. The number of aromatic nitrogens is 1. The predicted octanol–water partition coefficient (Wildman–Crippen LogP) is 2.66. The molecule has 0 saturated heterocycles. The maximum atomic E-state index is 12.6.